The maximum atomic E-state index is 9.01. The van der Waals surface area contributed by atoms with E-state index in [1.54, 1.807) is 0 Å². The van der Waals surface area contributed by atoms with E-state index in [9.17, 15) is 0 Å². The van der Waals surface area contributed by atoms with Gasteiger partial charge in [-0.25, -0.2) is 0 Å². The Kier molecular flexibility index (Phi) is 25.4. The van der Waals surface area contributed by atoms with Gasteiger partial charge in [0.15, 0.2) is 0 Å². The minimum absolute atomic E-state index is 1.38. The van der Waals surface area contributed by atoms with Gasteiger partial charge in [-0.2, -0.15) is 0 Å². The molecule has 0 radical (unpaired) electrons. The van der Waals surface area contributed by atoms with Crippen LogP contribution in [0.15, 0.2) is 146 Å². The first-order valence-corrected chi connectivity index (χ1v) is 35.5. The van der Waals surface area contributed by atoms with Gasteiger partial charge in [0.25, 0.3) is 0 Å². The van der Waals surface area contributed by atoms with E-state index in [2.05, 4.69) is 241 Å². The molecule has 6 aromatic carbocycles. The number of aryl methyl sites for hydroxylation is 6. The summed E-state index contributed by atoms with van der Waals surface area (Å²) in [7, 11) is 13.0. The van der Waals surface area contributed by atoms with Crippen molar-refractivity contribution in [2.24, 2.45) is 0 Å². The van der Waals surface area contributed by atoms with Crippen LogP contribution >= 0.6 is 54.9 Å². The van der Waals surface area contributed by atoms with Crippen LogP contribution in [-0.2, 0) is 79.2 Å². The van der Waals surface area contributed by atoms with Gasteiger partial charge in [0.05, 0.1) is 13.3 Å². The molecule has 12 nitrogen and oxygen atoms in total. The van der Waals surface area contributed by atoms with Gasteiger partial charge in [0, 0.05) is 0 Å². The van der Waals surface area contributed by atoms with E-state index < -0.39 is 63.0 Å². The van der Waals surface area contributed by atoms with Crippen molar-refractivity contribution in [2.75, 3.05) is 13.3 Å². The van der Waals surface area contributed by atoms with Gasteiger partial charge in [-0.05, 0) is 111 Å². The Bertz CT molecular complexity index is 2480. The summed E-state index contributed by atoms with van der Waals surface area (Å²) in [5, 5.41) is 8.94. The van der Waals surface area contributed by atoms with E-state index in [1.807, 2.05) is 0 Å². The molecular formula is C44H50Cl4Mn4O12P2. The molecule has 6 rings (SSSR count). The molecule has 0 bridgehead atoms. The van der Waals surface area contributed by atoms with Gasteiger partial charge >= 0.3 is 136 Å². The SMILES string of the molecule is Cc1ccccc1[P+](C)(c1ccccc1C)c1ccccc1C.Cc1ccccc1[P+](C)(c1ccccc1C)c1ccccc1C.[O]=[Mn](=[O])([O-])[Cl].[O]=[Mn](=[O])([O-])[Cl].[O]=[Mn](=[O])([OH])[Cl].[O]=[Mn](=[O])([OH])[Cl]. The first-order chi connectivity index (χ1) is 30.1. The van der Waals surface area contributed by atoms with E-state index in [1.165, 1.54) is 65.2 Å². The molecule has 6 aromatic rings. The Labute approximate surface area is 412 Å². The molecule has 364 valence electrons. The standard InChI is InChI=1S/2C22H24P.4ClH.4Mn.2H2O.10O/c2*1-17-11-5-8-14-20(17)23(4,21-15-9-6-12-18(21)2)22-16-10-7-13-19(22)3;;;;;;;;;;;;;;;;;;;;/h2*5-16H,1-4H3;4*1H;;;;;2*1H2;;;;;;;;;;/q2*+1;;;;;2*+1;2*+2;;;;;;;;;;;2*-1/p-6. The second-order valence-electron chi connectivity index (χ2n) is 14.2. The van der Waals surface area contributed by atoms with E-state index in [0.29, 0.717) is 0 Å². The van der Waals surface area contributed by atoms with Crippen molar-refractivity contribution in [1.29, 1.82) is 0 Å². The minimum atomic E-state index is -4.90. The Morgan fingerprint density at radius 2 is 0.424 bits per heavy atom. The maximum absolute atomic E-state index is 9.01. The summed E-state index contributed by atoms with van der Waals surface area (Å²) in [6.45, 7) is 18.4. The fourth-order valence-corrected chi connectivity index (χ4v) is 15.7. The number of hydrogen-bond acceptors (Lipinski definition) is 10. The van der Waals surface area contributed by atoms with E-state index in [4.69, 9.17) is 47.4 Å². The van der Waals surface area contributed by atoms with Crippen molar-refractivity contribution >= 4 is 86.7 Å². The van der Waals surface area contributed by atoms with Gasteiger partial charge in [-0.3, -0.25) is 0 Å². The van der Waals surface area contributed by atoms with Crippen molar-refractivity contribution in [1.82, 2.24) is 0 Å². The first kappa shape index (κ1) is 61.7. The van der Waals surface area contributed by atoms with Crippen LogP contribution in [0.1, 0.15) is 33.4 Å². The Morgan fingerprint density at radius 3 is 0.515 bits per heavy atom. The summed E-state index contributed by atoms with van der Waals surface area (Å²) in [5.41, 5.74) is 8.30. The Morgan fingerprint density at radius 1 is 0.333 bits per heavy atom. The molecule has 0 saturated carbocycles. The molecule has 2 N–H and O–H groups in total. The van der Waals surface area contributed by atoms with Gasteiger partial charge in [0.2, 0.25) is 0 Å². The molecular weight excluding hydrogens is 1140 g/mol. The zero-order valence-corrected chi connectivity index (χ0v) is 46.3. The molecule has 0 unspecified atom stereocenters. The normalized spacial score (nSPS) is 11.5. The second-order valence-corrected chi connectivity index (χ2v) is 31.7. The molecule has 0 aliphatic carbocycles. The molecule has 66 heavy (non-hydrogen) atoms. The molecule has 0 aliphatic rings. The average molecular weight is 1190 g/mol. The van der Waals surface area contributed by atoms with Crippen LogP contribution < -0.4 is 40.2 Å². The van der Waals surface area contributed by atoms with Crippen LogP contribution in [0.3, 0.4) is 0 Å². The third-order valence-corrected chi connectivity index (χ3v) is 18.4. The second kappa shape index (κ2) is 27.2. The molecule has 0 heterocycles. The molecule has 22 heteroatoms. The van der Waals surface area contributed by atoms with Crippen LogP contribution in [0.5, 0.6) is 0 Å². The number of hydrogen-bond donors (Lipinski definition) is 2. The molecule has 0 saturated heterocycles. The first-order valence-electron chi connectivity index (χ1n) is 18.7. The predicted molar refractivity (Wildman–Crippen MR) is 244 cm³/mol. The molecule has 0 atom stereocenters. The Balaban J connectivity index is 0.000000470. The van der Waals surface area contributed by atoms with Crippen molar-refractivity contribution in [3.05, 3.63) is 179 Å². The summed E-state index contributed by atoms with van der Waals surface area (Å²) in [6.07, 6.45) is 0. The van der Waals surface area contributed by atoms with Crippen LogP contribution in [-0.4, -0.2) is 21.7 Å². The fraction of sp³-hybridized carbons (Fsp3) is 0.182. The van der Waals surface area contributed by atoms with Crippen LogP contribution in [0, 0.1) is 41.5 Å². The third kappa shape index (κ3) is 22.8. The van der Waals surface area contributed by atoms with Gasteiger partial charge < -0.3 is 0 Å². The number of rotatable bonds is 6. The summed E-state index contributed by atoms with van der Waals surface area (Å²) < 4.78 is 104. The van der Waals surface area contributed by atoms with Crippen molar-refractivity contribution in [2.45, 2.75) is 41.5 Å². The molecule has 0 aromatic heterocycles. The molecule has 0 spiro atoms. The van der Waals surface area contributed by atoms with Gasteiger partial charge in [-0.1, -0.05) is 109 Å². The Hall–Kier alpha value is -2.34. The predicted octanol–water partition coefficient (Wildman–Crippen LogP) is 7.38. The van der Waals surface area contributed by atoms with Gasteiger partial charge in [0.1, 0.15) is 46.4 Å². The van der Waals surface area contributed by atoms with Crippen molar-refractivity contribution in [3.8, 4) is 0 Å². The summed E-state index contributed by atoms with van der Waals surface area (Å²) in [5.74, 6) is 0. The van der Waals surface area contributed by atoms with Crippen molar-refractivity contribution < 1.29 is 95.9 Å². The average Bonchev–Trinajstić information content (AvgIpc) is 3.16. The summed E-state index contributed by atoms with van der Waals surface area (Å²) in [4.78, 5) is 0. The van der Waals surface area contributed by atoms with Crippen molar-refractivity contribution in [3.63, 3.8) is 0 Å². The quantitative estimate of drug-likeness (QED) is 0.123. The fourth-order valence-electron chi connectivity index (χ4n) is 7.17. The monoisotopic (exact) mass is 1190 g/mol. The van der Waals surface area contributed by atoms with E-state index in [0.717, 1.165) is 0 Å². The molecule has 0 amide bonds. The van der Waals surface area contributed by atoms with E-state index >= 15 is 0 Å². The zero-order valence-electron chi connectivity index (χ0n) is 36.8. The van der Waals surface area contributed by atoms with Crippen LogP contribution in [0.2, 0.25) is 0 Å². The summed E-state index contributed by atoms with van der Waals surface area (Å²) in [6, 6.07) is 53.3. The van der Waals surface area contributed by atoms with Gasteiger partial charge in [-0.15, -0.1) is 0 Å². The zero-order chi connectivity index (χ0) is 50.9. The van der Waals surface area contributed by atoms with Crippen LogP contribution in [0.25, 0.3) is 0 Å². The number of benzene rings is 6. The third-order valence-electron chi connectivity index (χ3n) is 9.58. The van der Waals surface area contributed by atoms with E-state index in [-0.39, 0.29) is 0 Å². The van der Waals surface area contributed by atoms with Crippen LogP contribution in [0.4, 0.5) is 0 Å². The molecule has 0 aliphatic heterocycles. The molecule has 0 fully saturated rings. The summed E-state index contributed by atoms with van der Waals surface area (Å²) >= 11 is -19.1. The topological polar surface area (TPSA) is 223 Å². The number of halogens is 4.